The lowest BCUT2D eigenvalue weighted by atomic mass is 10.1. The zero-order valence-electron chi connectivity index (χ0n) is 11.4. The molecule has 1 aromatic carbocycles. The number of aromatic nitrogens is 2. The normalized spacial score (nSPS) is 11.2. The third kappa shape index (κ3) is 3.94. The topological polar surface area (TPSA) is 80.9 Å². The maximum absolute atomic E-state index is 12.6. The van der Waals surface area contributed by atoms with Gasteiger partial charge in [-0.2, -0.15) is 13.2 Å². The van der Waals surface area contributed by atoms with E-state index in [4.69, 9.17) is 5.73 Å². The van der Waals surface area contributed by atoms with Crippen molar-refractivity contribution in [1.29, 1.82) is 0 Å². The monoisotopic (exact) mass is 310 g/mol. The quantitative estimate of drug-likeness (QED) is 0.905. The largest absolute Gasteiger partial charge is 0.416 e. The van der Waals surface area contributed by atoms with E-state index >= 15 is 0 Å². The van der Waals surface area contributed by atoms with E-state index in [1.54, 1.807) is 6.07 Å². The second-order valence-electron chi connectivity index (χ2n) is 4.53. The van der Waals surface area contributed by atoms with Gasteiger partial charge in [0.15, 0.2) is 0 Å². The molecular weight excluding hydrogens is 297 g/mol. The molecule has 1 amide bonds. The molecule has 0 atom stereocenters. The maximum Gasteiger partial charge on any atom is 0.416 e. The predicted octanol–water partition coefficient (Wildman–Crippen LogP) is 2.05. The Morgan fingerprint density at radius 3 is 2.77 bits per heavy atom. The summed E-state index contributed by atoms with van der Waals surface area (Å²) in [6.07, 6.45) is -1.62. The molecule has 2 aromatic rings. The molecule has 0 saturated heterocycles. The van der Waals surface area contributed by atoms with Crippen molar-refractivity contribution in [2.75, 3.05) is 12.3 Å². The average Bonchev–Trinajstić information content (AvgIpc) is 2.47. The van der Waals surface area contributed by atoms with Gasteiger partial charge in [-0.1, -0.05) is 18.2 Å². The van der Waals surface area contributed by atoms with Crippen LogP contribution >= 0.6 is 0 Å². The van der Waals surface area contributed by atoms with E-state index in [9.17, 15) is 18.0 Å². The standard InChI is InChI=1S/C14H13F3N4O/c15-14(16,17)10-3-1-2-9(6-10)4-5-20-13(22)11-7-19-8-21-12(11)18/h1-3,6-8H,4-5H2,(H,20,22)(H2,18,19,21). The fourth-order valence-corrected chi connectivity index (χ4v) is 1.83. The number of anilines is 1. The number of nitrogens with one attached hydrogen (secondary N) is 1. The van der Waals surface area contributed by atoms with Crippen LogP contribution in [0.15, 0.2) is 36.8 Å². The van der Waals surface area contributed by atoms with Gasteiger partial charge in [0.1, 0.15) is 12.1 Å². The highest BCUT2D eigenvalue weighted by Gasteiger charge is 2.30. The van der Waals surface area contributed by atoms with Crippen LogP contribution in [0, 0.1) is 0 Å². The second-order valence-corrected chi connectivity index (χ2v) is 4.53. The van der Waals surface area contributed by atoms with Gasteiger partial charge in [-0.15, -0.1) is 0 Å². The van der Waals surface area contributed by atoms with Crippen molar-refractivity contribution in [2.24, 2.45) is 0 Å². The third-order valence-electron chi connectivity index (χ3n) is 2.94. The number of alkyl halides is 3. The number of nitrogens with zero attached hydrogens (tertiary/aromatic N) is 2. The van der Waals surface area contributed by atoms with Gasteiger partial charge in [0.25, 0.3) is 5.91 Å². The molecule has 0 spiro atoms. The molecule has 22 heavy (non-hydrogen) atoms. The zero-order valence-corrected chi connectivity index (χ0v) is 11.4. The Labute approximate surface area is 124 Å². The van der Waals surface area contributed by atoms with Crippen LogP contribution < -0.4 is 11.1 Å². The Bertz CT molecular complexity index is 673. The van der Waals surface area contributed by atoms with Gasteiger partial charge in [-0.05, 0) is 18.1 Å². The Morgan fingerprint density at radius 1 is 1.32 bits per heavy atom. The first-order valence-electron chi connectivity index (χ1n) is 6.38. The molecule has 0 aliphatic heterocycles. The van der Waals surface area contributed by atoms with Gasteiger partial charge in [-0.25, -0.2) is 9.97 Å². The Morgan fingerprint density at radius 2 is 2.09 bits per heavy atom. The minimum absolute atomic E-state index is 0.0477. The van der Waals surface area contributed by atoms with Crippen LogP contribution in [0.4, 0.5) is 19.0 Å². The van der Waals surface area contributed by atoms with Gasteiger partial charge in [0, 0.05) is 12.7 Å². The van der Waals surface area contributed by atoms with Crippen molar-refractivity contribution in [3.8, 4) is 0 Å². The molecule has 0 bridgehead atoms. The fraction of sp³-hybridized carbons (Fsp3) is 0.214. The van der Waals surface area contributed by atoms with E-state index in [0.29, 0.717) is 5.56 Å². The lowest BCUT2D eigenvalue weighted by Crippen LogP contribution is -2.27. The van der Waals surface area contributed by atoms with E-state index < -0.39 is 17.6 Å². The molecule has 0 fully saturated rings. The number of rotatable bonds is 4. The van der Waals surface area contributed by atoms with E-state index in [-0.39, 0.29) is 24.3 Å². The van der Waals surface area contributed by atoms with E-state index in [0.717, 1.165) is 12.1 Å². The molecule has 0 aliphatic rings. The van der Waals surface area contributed by atoms with E-state index in [1.165, 1.54) is 18.6 Å². The first-order valence-corrected chi connectivity index (χ1v) is 6.38. The number of halogens is 3. The van der Waals surface area contributed by atoms with Crippen LogP contribution in [0.2, 0.25) is 0 Å². The predicted molar refractivity (Wildman–Crippen MR) is 73.9 cm³/mol. The lowest BCUT2D eigenvalue weighted by Gasteiger charge is -2.09. The molecule has 0 saturated carbocycles. The number of hydrogen-bond donors (Lipinski definition) is 2. The Balaban J connectivity index is 1.94. The molecule has 3 N–H and O–H groups in total. The molecule has 0 radical (unpaired) electrons. The number of nitrogens with two attached hydrogens (primary N) is 1. The van der Waals surface area contributed by atoms with Crippen LogP contribution in [0.1, 0.15) is 21.5 Å². The summed E-state index contributed by atoms with van der Waals surface area (Å²) < 4.78 is 37.8. The highest BCUT2D eigenvalue weighted by Crippen LogP contribution is 2.29. The highest BCUT2D eigenvalue weighted by atomic mass is 19.4. The minimum Gasteiger partial charge on any atom is -0.383 e. The molecule has 0 unspecified atom stereocenters. The molecule has 5 nitrogen and oxygen atoms in total. The number of carbonyl (C=O) groups excluding carboxylic acids is 1. The van der Waals surface area contributed by atoms with Crippen LogP contribution in [0.5, 0.6) is 0 Å². The number of carbonyl (C=O) groups is 1. The van der Waals surface area contributed by atoms with Crippen molar-refractivity contribution in [3.63, 3.8) is 0 Å². The fourth-order valence-electron chi connectivity index (χ4n) is 1.83. The van der Waals surface area contributed by atoms with Crippen LogP contribution in [0.25, 0.3) is 0 Å². The molecule has 116 valence electrons. The summed E-state index contributed by atoms with van der Waals surface area (Å²) in [5.74, 6) is -0.420. The van der Waals surface area contributed by atoms with Crippen molar-refractivity contribution in [1.82, 2.24) is 15.3 Å². The van der Waals surface area contributed by atoms with Gasteiger partial charge in [-0.3, -0.25) is 4.79 Å². The molecule has 2 rings (SSSR count). The van der Waals surface area contributed by atoms with Gasteiger partial charge in [0.05, 0.1) is 11.1 Å². The number of benzene rings is 1. The van der Waals surface area contributed by atoms with Gasteiger partial charge < -0.3 is 11.1 Å². The summed E-state index contributed by atoms with van der Waals surface area (Å²) in [5, 5.41) is 2.57. The minimum atomic E-state index is -4.38. The van der Waals surface area contributed by atoms with E-state index in [2.05, 4.69) is 15.3 Å². The Hall–Kier alpha value is -2.64. The molecule has 1 heterocycles. The summed E-state index contributed by atoms with van der Waals surface area (Å²) in [6, 6.07) is 4.97. The van der Waals surface area contributed by atoms with Crippen molar-refractivity contribution in [2.45, 2.75) is 12.6 Å². The molecule has 8 heteroatoms. The summed E-state index contributed by atoms with van der Waals surface area (Å²) in [7, 11) is 0. The zero-order chi connectivity index (χ0) is 16.2. The smallest absolute Gasteiger partial charge is 0.383 e. The molecular formula is C14H13F3N4O. The van der Waals surface area contributed by atoms with Gasteiger partial charge in [0.2, 0.25) is 0 Å². The first-order chi connectivity index (χ1) is 10.4. The molecule has 0 aliphatic carbocycles. The summed E-state index contributed by atoms with van der Waals surface area (Å²) in [4.78, 5) is 19.2. The van der Waals surface area contributed by atoms with Crippen molar-refractivity contribution in [3.05, 3.63) is 53.5 Å². The molecule has 1 aromatic heterocycles. The summed E-state index contributed by atoms with van der Waals surface area (Å²) in [6.45, 7) is 0.175. The maximum atomic E-state index is 12.6. The van der Waals surface area contributed by atoms with Crippen LogP contribution in [0.3, 0.4) is 0 Å². The first kappa shape index (κ1) is 15.7. The highest BCUT2D eigenvalue weighted by molar-refractivity contribution is 5.97. The number of amides is 1. The number of nitrogen functional groups attached to an aromatic ring is 1. The summed E-state index contributed by atoms with van der Waals surface area (Å²) in [5.41, 5.74) is 5.43. The van der Waals surface area contributed by atoms with Crippen LogP contribution in [-0.4, -0.2) is 22.4 Å². The average molecular weight is 310 g/mol. The summed E-state index contributed by atoms with van der Waals surface area (Å²) >= 11 is 0. The van der Waals surface area contributed by atoms with Crippen LogP contribution in [-0.2, 0) is 12.6 Å². The second kappa shape index (κ2) is 6.42. The SMILES string of the molecule is Nc1ncncc1C(=O)NCCc1cccc(C(F)(F)F)c1. The van der Waals surface area contributed by atoms with Gasteiger partial charge >= 0.3 is 6.18 Å². The van der Waals surface area contributed by atoms with Crippen molar-refractivity contribution < 1.29 is 18.0 Å². The van der Waals surface area contributed by atoms with Crippen molar-refractivity contribution >= 4 is 11.7 Å². The number of hydrogen-bond acceptors (Lipinski definition) is 4. The third-order valence-corrected chi connectivity index (χ3v) is 2.94. The van der Waals surface area contributed by atoms with E-state index in [1.807, 2.05) is 0 Å². The lowest BCUT2D eigenvalue weighted by molar-refractivity contribution is -0.137. The Kier molecular flexibility index (Phi) is 4.59.